The van der Waals surface area contributed by atoms with Crippen molar-refractivity contribution >= 4 is 5.82 Å². The zero-order valence-corrected chi connectivity index (χ0v) is 10.3. The van der Waals surface area contributed by atoms with Crippen LogP contribution in [0.25, 0.3) is 0 Å². The van der Waals surface area contributed by atoms with E-state index in [0.717, 1.165) is 48.8 Å². The van der Waals surface area contributed by atoms with E-state index in [1.54, 1.807) is 0 Å². The second-order valence-electron chi connectivity index (χ2n) is 4.50. The van der Waals surface area contributed by atoms with E-state index in [1.807, 2.05) is 20.8 Å². The van der Waals surface area contributed by atoms with Gasteiger partial charge in [-0.25, -0.2) is 4.98 Å². The van der Waals surface area contributed by atoms with Crippen LogP contribution in [0.5, 0.6) is 0 Å². The van der Waals surface area contributed by atoms with E-state index in [4.69, 9.17) is 0 Å². The number of hydrogen-bond acceptors (Lipinski definition) is 4. The molecule has 0 amide bonds. The van der Waals surface area contributed by atoms with Gasteiger partial charge in [-0.15, -0.1) is 0 Å². The minimum atomic E-state index is 0.538. The van der Waals surface area contributed by atoms with Crippen molar-refractivity contribution in [1.29, 1.82) is 0 Å². The Hall–Kier alpha value is -1.16. The molecule has 4 heteroatoms. The van der Waals surface area contributed by atoms with Gasteiger partial charge in [-0.05, 0) is 46.7 Å². The maximum Gasteiger partial charge on any atom is 0.147 e. The van der Waals surface area contributed by atoms with Crippen LogP contribution in [0.1, 0.15) is 29.9 Å². The lowest BCUT2D eigenvalue weighted by Gasteiger charge is -2.24. The molecule has 0 saturated carbocycles. The number of piperidine rings is 1. The summed E-state index contributed by atoms with van der Waals surface area (Å²) in [6.45, 7) is 8.21. The van der Waals surface area contributed by atoms with Gasteiger partial charge in [-0.2, -0.15) is 0 Å². The lowest BCUT2D eigenvalue weighted by atomic mass is 10.1. The molecule has 0 bridgehead atoms. The highest BCUT2D eigenvalue weighted by atomic mass is 15.1. The van der Waals surface area contributed by atoms with Gasteiger partial charge in [0.1, 0.15) is 5.82 Å². The molecule has 0 aromatic carbocycles. The summed E-state index contributed by atoms with van der Waals surface area (Å²) in [5.41, 5.74) is 3.04. The fourth-order valence-electron chi connectivity index (χ4n) is 2.01. The van der Waals surface area contributed by atoms with Crippen molar-refractivity contribution in [2.45, 2.75) is 39.7 Å². The minimum Gasteiger partial charge on any atom is -0.366 e. The van der Waals surface area contributed by atoms with Crippen LogP contribution >= 0.6 is 0 Å². The smallest absolute Gasteiger partial charge is 0.147 e. The van der Waals surface area contributed by atoms with E-state index >= 15 is 0 Å². The molecule has 0 aliphatic carbocycles. The van der Waals surface area contributed by atoms with Gasteiger partial charge in [-0.1, -0.05) is 0 Å². The van der Waals surface area contributed by atoms with Crippen molar-refractivity contribution < 1.29 is 0 Å². The molecule has 0 atom stereocenters. The largest absolute Gasteiger partial charge is 0.366 e. The molecule has 1 aromatic heterocycles. The molecule has 0 unspecified atom stereocenters. The van der Waals surface area contributed by atoms with Crippen LogP contribution in [-0.2, 0) is 0 Å². The Morgan fingerprint density at radius 1 is 1.00 bits per heavy atom. The van der Waals surface area contributed by atoms with E-state index in [9.17, 15) is 0 Å². The maximum absolute atomic E-state index is 4.57. The van der Waals surface area contributed by atoms with Gasteiger partial charge in [0.2, 0.25) is 0 Å². The molecule has 1 saturated heterocycles. The Morgan fingerprint density at radius 2 is 1.62 bits per heavy atom. The van der Waals surface area contributed by atoms with E-state index in [0.29, 0.717) is 6.04 Å². The Labute approximate surface area is 96.9 Å². The fourth-order valence-corrected chi connectivity index (χ4v) is 2.01. The molecule has 1 aromatic rings. The summed E-state index contributed by atoms with van der Waals surface area (Å²) in [4.78, 5) is 9.07. The Kier molecular flexibility index (Phi) is 3.39. The van der Waals surface area contributed by atoms with Crippen molar-refractivity contribution in [1.82, 2.24) is 15.3 Å². The lowest BCUT2D eigenvalue weighted by molar-refractivity contribution is 0.477. The van der Waals surface area contributed by atoms with Crippen LogP contribution < -0.4 is 10.6 Å². The number of rotatable bonds is 2. The number of aromatic nitrogens is 2. The molecule has 0 radical (unpaired) electrons. The van der Waals surface area contributed by atoms with Gasteiger partial charge in [0.25, 0.3) is 0 Å². The maximum atomic E-state index is 4.57. The molecular weight excluding hydrogens is 200 g/mol. The second kappa shape index (κ2) is 4.78. The van der Waals surface area contributed by atoms with Crippen molar-refractivity contribution in [2.24, 2.45) is 0 Å². The summed E-state index contributed by atoms with van der Waals surface area (Å²) >= 11 is 0. The third-order valence-electron chi connectivity index (χ3n) is 3.16. The molecule has 1 fully saturated rings. The average molecular weight is 220 g/mol. The summed E-state index contributed by atoms with van der Waals surface area (Å²) in [5, 5.41) is 6.86. The number of anilines is 1. The molecule has 2 rings (SSSR count). The van der Waals surface area contributed by atoms with Gasteiger partial charge < -0.3 is 10.6 Å². The summed E-state index contributed by atoms with van der Waals surface area (Å²) in [5.74, 6) is 0.954. The van der Waals surface area contributed by atoms with Gasteiger partial charge >= 0.3 is 0 Å². The predicted molar refractivity (Wildman–Crippen MR) is 65.8 cm³/mol. The van der Waals surface area contributed by atoms with Crippen molar-refractivity contribution in [3.8, 4) is 0 Å². The van der Waals surface area contributed by atoms with Crippen molar-refractivity contribution in [3.05, 3.63) is 17.1 Å². The zero-order valence-electron chi connectivity index (χ0n) is 10.3. The van der Waals surface area contributed by atoms with E-state index in [-0.39, 0.29) is 0 Å². The van der Waals surface area contributed by atoms with Gasteiger partial charge in [-0.3, -0.25) is 4.98 Å². The summed E-state index contributed by atoms with van der Waals surface area (Å²) in [7, 11) is 0. The first kappa shape index (κ1) is 11.3. The Balaban J connectivity index is 2.11. The zero-order chi connectivity index (χ0) is 11.5. The Bertz CT molecular complexity index is 370. The van der Waals surface area contributed by atoms with Crippen molar-refractivity contribution in [3.63, 3.8) is 0 Å². The molecule has 16 heavy (non-hydrogen) atoms. The number of aryl methyl sites for hydroxylation is 3. The minimum absolute atomic E-state index is 0.538. The average Bonchev–Trinajstić information content (AvgIpc) is 2.27. The quantitative estimate of drug-likeness (QED) is 0.794. The third-order valence-corrected chi connectivity index (χ3v) is 3.16. The highest BCUT2D eigenvalue weighted by Crippen LogP contribution is 2.16. The molecule has 2 N–H and O–H groups in total. The third kappa shape index (κ3) is 2.50. The van der Waals surface area contributed by atoms with E-state index in [2.05, 4.69) is 20.6 Å². The van der Waals surface area contributed by atoms with Gasteiger partial charge in [0.05, 0.1) is 17.1 Å². The van der Waals surface area contributed by atoms with Crippen molar-refractivity contribution in [2.75, 3.05) is 18.4 Å². The number of nitrogens with zero attached hydrogens (tertiary/aromatic N) is 2. The monoisotopic (exact) mass is 220 g/mol. The standard InChI is InChI=1S/C12H20N4/c1-8-9(2)15-12(10(3)14-8)16-11-4-6-13-7-5-11/h11,13H,4-7H2,1-3H3,(H,15,16). The number of nitrogens with one attached hydrogen (secondary N) is 2. The molecule has 1 aliphatic heterocycles. The number of hydrogen-bond donors (Lipinski definition) is 2. The SMILES string of the molecule is Cc1nc(C)c(NC2CCNCC2)nc1C. The molecule has 88 valence electrons. The molecule has 0 spiro atoms. The highest BCUT2D eigenvalue weighted by molar-refractivity contribution is 5.42. The van der Waals surface area contributed by atoms with Gasteiger partial charge in [0.15, 0.2) is 0 Å². The first-order valence-electron chi connectivity index (χ1n) is 5.96. The Morgan fingerprint density at radius 3 is 2.31 bits per heavy atom. The van der Waals surface area contributed by atoms with Gasteiger partial charge in [0, 0.05) is 6.04 Å². The topological polar surface area (TPSA) is 49.8 Å². The first-order valence-corrected chi connectivity index (χ1v) is 5.96. The van der Waals surface area contributed by atoms with Crippen LogP contribution in [0.3, 0.4) is 0 Å². The summed E-state index contributed by atoms with van der Waals surface area (Å²) in [6, 6.07) is 0.538. The van der Waals surface area contributed by atoms with Crippen LogP contribution in [0.4, 0.5) is 5.82 Å². The molecule has 4 nitrogen and oxygen atoms in total. The molecule has 2 heterocycles. The second-order valence-corrected chi connectivity index (χ2v) is 4.50. The first-order chi connectivity index (χ1) is 7.66. The highest BCUT2D eigenvalue weighted by Gasteiger charge is 2.14. The van der Waals surface area contributed by atoms with Crippen LogP contribution in [0.15, 0.2) is 0 Å². The predicted octanol–water partition coefficient (Wildman–Crippen LogP) is 1.57. The van der Waals surface area contributed by atoms with E-state index in [1.165, 1.54) is 0 Å². The van der Waals surface area contributed by atoms with Crippen LogP contribution in [-0.4, -0.2) is 29.1 Å². The van der Waals surface area contributed by atoms with Crippen LogP contribution in [0, 0.1) is 20.8 Å². The summed E-state index contributed by atoms with van der Waals surface area (Å²) in [6.07, 6.45) is 2.32. The summed E-state index contributed by atoms with van der Waals surface area (Å²) < 4.78 is 0. The normalized spacial score (nSPS) is 17.4. The van der Waals surface area contributed by atoms with E-state index < -0.39 is 0 Å². The lowest BCUT2D eigenvalue weighted by Crippen LogP contribution is -2.35. The van der Waals surface area contributed by atoms with Crippen LogP contribution in [0.2, 0.25) is 0 Å². The fraction of sp³-hybridized carbons (Fsp3) is 0.667. The molecular formula is C12H20N4. The molecule has 1 aliphatic rings.